The van der Waals surface area contributed by atoms with Gasteiger partial charge >= 0.3 is 0 Å². The molecule has 0 saturated carbocycles. The smallest absolute Gasteiger partial charge is 0 e. The first kappa shape index (κ1) is 43.8. The zero-order valence-corrected chi connectivity index (χ0v) is 27.8. The van der Waals surface area contributed by atoms with Crippen molar-refractivity contribution >= 4 is 0 Å². The molecule has 0 amide bonds. The van der Waals surface area contributed by atoms with Crippen molar-refractivity contribution in [3.05, 3.63) is 48.6 Å². The van der Waals surface area contributed by atoms with E-state index in [4.69, 9.17) is 0 Å². The molecule has 0 nitrogen and oxygen atoms in total. The van der Waals surface area contributed by atoms with E-state index in [2.05, 4.69) is 48.6 Å². The maximum absolute atomic E-state index is 2.32. The number of rotatable bonds is 0. The Kier molecular flexibility index (Phi) is 49.0. The molecule has 0 aromatic rings. The molecule has 4 rings (SSSR count). The third-order valence-electron chi connectivity index (χ3n) is 6.63. The fraction of sp³-hybridized carbons (Fsp3) is 0.750. The molecule has 0 spiro atoms. The van der Waals surface area contributed by atoms with Gasteiger partial charge in [0.2, 0.25) is 0 Å². The molecule has 0 aromatic heterocycles. The molecular weight excluding hydrogens is 661 g/mol. The second kappa shape index (κ2) is 40.3. The second-order valence-corrected chi connectivity index (χ2v) is 9.85. The van der Waals surface area contributed by atoms with Crippen molar-refractivity contribution in [3.8, 4) is 0 Å². The fourth-order valence-corrected chi connectivity index (χ4v) is 4.45. The van der Waals surface area contributed by atoms with E-state index in [1.54, 1.807) is 0 Å². The Bertz CT molecular complexity index is 359. The molecule has 218 valence electrons. The van der Waals surface area contributed by atoms with Crippen LogP contribution in [0.2, 0.25) is 0 Å². The van der Waals surface area contributed by atoms with Crippen LogP contribution in [0.25, 0.3) is 0 Å². The van der Waals surface area contributed by atoms with Crippen molar-refractivity contribution < 1.29 is 63.8 Å². The van der Waals surface area contributed by atoms with Crippen molar-refractivity contribution in [2.45, 2.75) is 154 Å². The summed E-state index contributed by atoms with van der Waals surface area (Å²) in [6.45, 7) is 0. The Labute approximate surface area is 264 Å². The van der Waals surface area contributed by atoms with Crippen molar-refractivity contribution in [2.75, 3.05) is 0 Å². The van der Waals surface area contributed by atoms with Gasteiger partial charge in [-0.1, -0.05) is 100.0 Å². The number of hydrogen-bond acceptors (Lipinski definition) is 0. The minimum absolute atomic E-state index is 0. The molecule has 0 unspecified atom stereocenters. The van der Waals surface area contributed by atoms with Crippen LogP contribution in [0.4, 0.5) is 0 Å². The van der Waals surface area contributed by atoms with Gasteiger partial charge in [-0.2, -0.15) is 0 Å². The molecule has 0 bridgehead atoms. The SMILES string of the molecule is C1=CCCCCCC1.C1=CCCCCCC1.C1=CCCCCCC1.C1=CCCCCCC1.[Cl-].[Cl-].[Rh].[Rh]. The average molecular weight is 718 g/mol. The number of allylic oxidation sites excluding steroid dienone is 8. The predicted molar refractivity (Wildman–Crippen MR) is 147 cm³/mol. The van der Waals surface area contributed by atoms with Gasteiger partial charge in [0.05, 0.1) is 0 Å². The first-order valence-corrected chi connectivity index (χ1v) is 14.6. The molecule has 0 N–H and O–H groups in total. The van der Waals surface area contributed by atoms with Crippen LogP contribution in [-0.2, 0) is 39.0 Å². The summed E-state index contributed by atoms with van der Waals surface area (Å²) in [5.41, 5.74) is 0. The summed E-state index contributed by atoms with van der Waals surface area (Å²) in [4.78, 5) is 0. The Morgan fingerprint density at radius 2 is 0.306 bits per heavy atom. The van der Waals surface area contributed by atoms with Gasteiger partial charge in [0.1, 0.15) is 0 Å². The molecule has 0 heterocycles. The summed E-state index contributed by atoms with van der Waals surface area (Å²) < 4.78 is 0. The van der Waals surface area contributed by atoms with E-state index in [0.29, 0.717) is 0 Å². The quantitative estimate of drug-likeness (QED) is 0.227. The van der Waals surface area contributed by atoms with Crippen molar-refractivity contribution in [3.63, 3.8) is 0 Å². The molecule has 0 atom stereocenters. The zero-order chi connectivity index (χ0) is 22.6. The van der Waals surface area contributed by atoms with Crippen molar-refractivity contribution in [1.29, 1.82) is 0 Å². The van der Waals surface area contributed by atoms with Crippen LogP contribution in [0.3, 0.4) is 0 Å². The van der Waals surface area contributed by atoms with Gasteiger partial charge in [-0.3, -0.25) is 0 Å². The third-order valence-corrected chi connectivity index (χ3v) is 6.63. The summed E-state index contributed by atoms with van der Waals surface area (Å²) in [6.07, 6.45) is 52.0. The van der Waals surface area contributed by atoms with E-state index >= 15 is 0 Å². The molecule has 0 aliphatic heterocycles. The molecule has 0 aromatic carbocycles. The zero-order valence-electron chi connectivity index (χ0n) is 23.0. The summed E-state index contributed by atoms with van der Waals surface area (Å²) in [5.74, 6) is 0. The largest absolute Gasteiger partial charge is 1.00 e. The standard InChI is InChI=1S/4C8H14.2ClH.2Rh/c4*1-2-4-6-8-7-5-3-1;;;;/h4*1-2H,3-8H2;2*1H;;/p-2. The second-order valence-electron chi connectivity index (χ2n) is 9.85. The molecule has 36 heavy (non-hydrogen) atoms. The van der Waals surface area contributed by atoms with Crippen LogP contribution in [0.15, 0.2) is 48.6 Å². The Hall–Kier alpha value is 0.787. The number of hydrogen-bond donors (Lipinski definition) is 0. The summed E-state index contributed by atoms with van der Waals surface area (Å²) in [5, 5.41) is 0. The van der Waals surface area contributed by atoms with Crippen LogP contribution >= 0.6 is 0 Å². The van der Waals surface area contributed by atoms with Crippen LogP contribution in [0.5, 0.6) is 0 Å². The van der Waals surface area contributed by atoms with Gasteiger partial charge in [-0.25, -0.2) is 0 Å². The topological polar surface area (TPSA) is 0 Å². The Morgan fingerprint density at radius 1 is 0.194 bits per heavy atom. The van der Waals surface area contributed by atoms with E-state index in [1.165, 1.54) is 154 Å². The first-order valence-electron chi connectivity index (χ1n) is 14.6. The summed E-state index contributed by atoms with van der Waals surface area (Å²) in [7, 11) is 0. The van der Waals surface area contributed by atoms with E-state index in [1.807, 2.05) is 0 Å². The monoisotopic (exact) mass is 716 g/mol. The van der Waals surface area contributed by atoms with Gasteiger partial charge in [0.25, 0.3) is 0 Å². The predicted octanol–water partition coefficient (Wildman–Crippen LogP) is 5.59. The molecule has 0 saturated heterocycles. The van der Waals surface area contributed by atoms with Gasteiger partial charge in [0.15, 0.2) is 0 Å². The van der Waals surface area contributed by atoms with Crippen molar-refractivity contribution in [1.82, 2.24) is 0 Å². The minimum atomic E-state index is 0. The van der Waals surface area contributed by atoms with Crippen LogP contribution in [0.1, 0.15) is 154 Å². The van der Waals surface area contributed by atoms with Gasteiger partial charge < -0.3 is 24.8 Å². The maximum Gasteiger partial charge on any atom is 0 e. The number of halogens is 2. The van der Waals surface area contributed by atoms with E-state index in [9.17, 15) is 0 Å². The molecule has 2 radical (unpaired) electrons. The molecule has 4 heteroatoms. The van der Waals surface area contributed by atoms with E-state index in [-0.39, 0.29) is 63.8 Å². The maximum atomic E-state index is 2.32. The molecular formula is C32H56Cl2Rh2-2. The van der Waals surface area contributed by atoms with Gasteiger partial charge in [-0.15, -0.1) is 0 Å². The van der Waals surface area contributed by atoms with Gasteiger partial charge in [-0.05, 0) is 103 Å². The molecule has 4 aliphatic rings. The van der Waals surface area contributed by atoms with Gasteiger partial charge in [0, 0.05) is 39.0 Å². The normalized spacial score (nSPS) is 19.6. The summed E-state index contributed by atoms with van der Waals surface area (Å²) >= 11 is 0. The van der Waals surface area contributed by atoms with E-state index in [0.717, 1.165) is 0 Å². The van der Waals surface area contributed by atoms with Crippen LogP contribution in [-0.4, -0.2) is 0 Å². The summed E-state index contributed by atoms with van der Waals surface area (Å²) in [6, 6.07) is 0. The van der Waals surface area contributed by atoms with Crippen LogP contribution < -0.4 is 24.8 Å². The van der Waals surface area contributed by atoms with E-state index < -0.39 is 0 Å². The fourth-order valence-electron chi connectivity index (χ4n) is 4.45. The Balaban J connectivity index is -0.000000183. The minimum Gasteiger partial charge on any atom is -1.00 e. The van der Waals surface area contributed by atoms with Crippen LogP contribution in [0, 0.1) is 0 Å². The Morgan fingerprint density at radius 3 is 0.417 bits per heavy atom. The first-order chi connectivity index (χ1) is 16.0. The average Bonchev–Trinajstić information content (AvgIpc) is 2.67. The third kappa shape index (κ3) is 36.9. The van der Waals surface area contributed by atoms with Crippen molar-refractivity contribution in [2.24, 2.45) is 0 Å². The molecule has 4 aliphatic carbocycles. The molecule has 0 fully saturated rings.